The van der Waals surface area contributed by atoms with Crippen molar-refractivity contribution in [2.75, 3.05) is 36.4 Å². The molecule has 1 atom stereocenters. The number of rotatable bonds is 4. The first kappa shape index (κ1) is 19.5. The van der Waals surface area contributed by atoms with Crippen LogP contribution < -0.4 is 15.1 Å². The molecule has 0 unspecified atom stereocenters. The van der Waals surface area contributed by atoms with Gasteiger partial charge in [-0.2, -0.15) is 5.26 Å². The van der Waals surface area contributed by atoms with Crippen molar-refractivity contribution in [2.45, 2.75) is 13.0 Å². The van der Waals surface area contributed by atoms with Gasteiger partial charge in [-0.25, -0.2) is 0 Å². The van der Waals surface area contributed by atoms with Crippen molar-refractivity contribution in [1.29, 1.82) is 5.26 Å². The van der Waals surface area contributed by atoms with Crippen molar-refractivity contribution in [3.8, 4) is 6.07 Å². The highest BCUT2D eigenvalue weighted by Crippen LogP contribution is 2.21. The highest BCUT2D eigenvalue weighted by Gasteiger charge is 2.29. The van der Waals surface area contributed by atoms with Gasteiger partial charge in [-0.05, 0) is 43.3 Å². The van der Waals surface area contributed by atoms with E-state index in [0.717, 1.165) is 36.9 Å². The lowest BCUT2D eigenvalue weighted by Gasteiger charge is -2.36. The average molecular weight is 404 g/mol. The second kappa shape index (κ2) is 8.62. The van der Waals surface area contributed by atoms with Crippen LogP contribution in [0.2, 0.25) is 10.0 Å². The molecule has 1 fully saturated rings. The summed E-state index contributed by atoms with van der Waals surface area (Å²) in [4.78, 5) is 16.1. The van der Waals surface area contributed by atoms with E-state index in [4.69, 9.17) is 28.5 Å². The van der Waals surface area contributed by atoms with Gasteiger partial charge < -0.3 is 15.1 Å². The highest BCUT2D eigenvalue weighted by atomic mass is 35.5. The summed E-state index contributed by atoms with van der Waals surface area (Å²) >= 11 is 12.1. The maximum atomic E-state index is 12.6. The minimum atomic E-state index is -0.180. The van der Waals surface area contributed by atoms with Gasteiger partial charge in [0, 0.05) is 16.4 Å². The predicted molar refractivity (Wildman–Crippen MR) is 109 cm³/mol. The molecule has 1 saturated heterocycles. The summed E-state index contributed by atoms with van der Waals surface area (Å²) in [5, 5.41) is 12.9. The minimum absolute atomic E-state index is 0.0537. The number of benzene rings is 2. The molecule has 5 nitrogen and oxygen atoms in total. The summed E-state index contributed by atoms with van der Waals surface area (Å²) in [6, 6.07) is 14.6. The fourth-order valence-electron chi connectivity index (χ4n) is 3.28. The van der Waals surface area contributed by atoms with Crippen LogP contribution in [0.15, 0.2) is 42.5 Å². The number of hydrogen-bond acceptors (Lipinski definition) is 3. The Morgan fingerprint density at radius 2 is 1.96 bits per heavy atom. The van der Waals surface area contributed by atoms with Crippen LogP contribution >= 0.6 is 23.2 Å². The van der Waals surface area contributed by atoms with E-state index in [1.807, 2.05) is 31.2 Å². The van der Waals surface area contributed by atoms with Crippen molar-refractivity contribution in [2.24, 2.45) is 0 Å². The van der Waals surface area contributed by atoms with E-state index in [1.54, 1.807) is 18.2 Å². The van der Waals surface area contributed by atoms with E-state index in [9.17, 15) is 4.79 Å². The predicted octanol–water partition coefficient (Wildman–Crippen LogP) is 2.60. The maximum absolute atomic E-state index is 12.6. The average Bonchev–Trinajstić information content (AvgIpc) is 2.67. The van der Waals surface area contributed by atoms with Gasteiger partial charge in [0.25, 0.3) is 5.91 Å². The second-order valence-corrected chi connectivity index (χ2v) is 7.49. The molecule has 0 spiro atoms. The van der Waals surface area contributed by atoms with Gasteiger partial charge in [-0.15, -0.1) is 0 Å². The highest BCUT2D eigenvalue weighted by molar-refractivity contribution is 6.32. The Hall–Kier alpha value is -2.26. The number of nitriles is 1. The fourth-order valence-corrected chi connectivity index (χ4v) is 3.68. The van der Waals surface area contributed by atoms with Crippen molar-refractivity contribution in [3.05, 3.63) is 58.1 Å². The van der Waals surface area contributed by atoms with E-state index in [-0.39, 0.29) is 11.9 Å². The number of piperazine rings is 1. The van der Waals surface area contributed by atoms with Crippen molar-refractivity contribution >= 4 is 40.5 Å². The Bertz CT molecular complexity index is 873. The Balaban J connectivity index is 1.57. The van der Waals surface area contributed by atoms with E-state index in [0.29, 0.717) is 16.3 Å². The van der Waals surface area contributed by atoms with Crippen LogP contribution in [0.5, 0.6) is 0 Å². The molecule has 0 bridgehead atoms. The van der Waals surface area contributed by atoms with Gasteiger partial charge in [-0.3, -0.25) is 4.79 Å². The van der Waals surface area contributed by atoms with Gasteiger partial charge in [0.1, 0.15) is 6.07 Å². The van der Waals surface area contributed by atoms with Crippen molar-refractivity contribution in [3.63, 3.8) is 0 Å². The molecular formula is C20H21Cl2N4O+. The number of nitrogens with one attached hydrogen (secondary N) is 2. The molecule has 0 aromatic heterocycles. The number of amides is 1. The Morgan fingerprint density at radius 3 is 2.59 bits per heavy atom. The van der Waals surface area contributed by atoms with Crippen LogP contribution in [0.3, 0.4) is 0 Å². The molecule has 0 saturated carbocycles. The number of hydrogen-bond donors (Lipinski definition) is 2. The Morgan fingerprint density at radius 1 is 1.22 bits per heavy atom. The maximum Gasteiger partial charge on any atom is 0.282 e. The molecule has 0 aliphatic carbocycles. The van der Waals surface area contributed by atoms with Gasteiger partial charge >= 0.3 is 0 Å². The quantitative estimate of drug-likeness (QED) is 0.824. The molecule has 1 heterocycles. The lowest BCUT2D eigenvalue weighted by Crippen LogP contribution is -3.19. The van der Waals surface area contributed by atoms with Crippen molar-refractivity contribution in [1.82, 2.24) is 0 Å². The van der Waals surface area contributed by atoms with E-state index < -0.39 is 0 Å². The largest absolute Gasteiger partial charge is 0.360 e. The molecule has 2 aromatic carbocycles. The van der Waals surface area contributed by atoms with Gasteiger partial charge in [0.15, 0.2) is 6.04 Å². The van der Waals surface area contributed by atoms with E-state index in [2.05, 4.69) is 16.3 Å². The third-order valence-corrected chi connectivity index (χ3v) is 5.49. The number of anilines is 2. The molecule has 2 aromatic rings. The number of quaternary nitrogens is 1. The molecule has 140 valence electrons. The number of carbonyl (C=O) groups is 1. The minimum Gasteiger partial charge on any atom is -0.360 e. The zero-order valence-electron chi connectivity index (χ0n) is 15.0. The van der Waals surface area contributed by atoms with Crippen LogP contribution in [-0.2, 0) is 4.79 Å². The summed E-state index contributed by atoms with van der Waals surface area (Å²) < 4.78 is 0. The molecule has 2 N–H and O–H groups in total. The van der Waals surface area contributed by atoms with Gasteiger partial charge in [-0.1, -0.05) is 29.3 Å². The summed E-state index contributed by atoms with van der Waals surface area (Å²) in [7, 11) is 0. The van der Waals surface area contributed by atoms with E-state index in [1.165, 1.54) is 4.90 Å². The number of halogens is 2. The summed E-state index contributed by atoms with van der Waals surface area (Å²) in [5.41, 5.74) is 2.11. The van der Waals surface area contributed by atoms with Gasteiger partial charge in [0.05, 0.1) is 36.8 Å². The summed E-state index contributed by atoms with van der Waals surface area (Å²) in [6.45, 7) is 5.42. The first-order valence-corrected chi connectivity index (χ1v) is 9.59. The normalized spacial score (nSPS) is 15.9. The third kappa shape index (κ3) is 4.72. The summed E-state index contributed by atoms with van der Waals surface area (Å²) in [6.07, 6.45) is 0. The molecule has 3 rings (SSSR count). The molecule has 7 heteroatoms. The first-order chi connectivity index (χ1) is 13.0. The number of nitrogens with zero attached hydrogens (tertiary/aromatic N) is 2. The smallest absolute Gasteiger partial charge is 0.282 e. The molecule has 1 aliphatic heterocycles. The zero-order chi connectivity index (χ0) is 19.4. The van der Waals surface area contributed by atoms with Crippen LogP contribution in [0.4, 0.5) is 11.4 Å². The topological polar surface area (TPSA) is 60.6 Å². The lowest BCUT2D eigenvalue weighted by molar-refractivity contribution is -0.914. The third-order valence-electron chi connectivity index (χ3n) is 4.94. The molecule has 1 aliphatic rings. The standard InChI is InChI=1S/C20H20Cl2N4O/c1-14(20(27)24-17-6-5-15(13-23)19(22)12-17)25-7-9-26(10-8-25)18-4-2-3-16(21)11-18/h2-6,11-12,14H,7-10H2,1H3,(H,24,27)/p+1/t14-/m1/s1. The zero-order valence-corrected chi connectivity index (χ0v) is 16.5. The fraction of sp³-hybridized carbons (Fsp3) is 0.300. The summed E-state index contributed by atoms with van der Waals surface area (Å²) in [5.74, 6) is -0.0537. The Labute approximate surface area is 169 Å². The van der Waals surface area contributed by atoms with Crippen LogP contribution in [0.1, 0.15) is 12.5 Å². The molecular weight excluding hydrogens is 383 g/mol. The van der Waals surface area contributed by atoms with Gasteiger partial charge in [0.2, 0.25) is 0 Å². The Kier molecular flexibility index (Phi) is 6.22. The van der Waals surface area contributed by atoms with E-state index >= 15 is 0 Å². The molecule has 27 heavy (non-hydrogen) atoms. The van der Waals surface area contributed by atoms with Crippen LogP contribution in [0, 0.1) is 11.3 Å². The van der Waals surface area contributed by atoms with Crippen molar-refractivity contribution < 1.29 is 9.69 Å². The number of carbonyl (C=O) groups excluding carboxylic acids is 1. The monoisotopic (exact) mass is 403 g/mol. The molecule has 1 amide bonds. The second-order valence-electron chi connectivity index (χ2n) is 6.64. The SMILES string of the molecule is C[C@H](C(=O)Nc1ccc(C#N)c(Cl)c1)[NH+]1CCN(c2cccc(Cl)c2)CC1. The van der Waals surface area contributed by atoms with Crippen LogP contribution in [-0.4, -0.2) is 38.1 Å². The molecule has 0 radical (unpaired) electrons. The lowest BCUT2D eigenvalue weighted by atomic mass is 10.1. The first-order valence-electron chi connectivity index (χ1n) is 8.83. The van der Waals surface area contributed by atoms with Crippen LogP contribution in [0.25, 0.3) is 0 Å².